The van der Waals surface area contributed by atoms with Gasteiger partial charge in [-0.2, -0.15) is 0 Å². The summed E-state index contributed by atoms with van der Waals surface area (Å²) in [5.74, 6) is 0. The largest absolute Gasteiger partial charge is 0.315 e. The van der Waals surface area contributed by atoms with Crippen molar-refractivity contribution in [3.05, 3.63) is 0 Å². The van der Waals surface area contributed by atoms with Gasteiger partial charge in [0.2, 0.25) is 0 Å². The third-order valence-electron chi connectivity index (χ3n) is 2.75. The molecule has 52 valence electrons. The Labute approximate surface area is 54.6 Å². The molecule has 1 aliphatic carbocycles. The third kappa shape index (κ3) is 0.627. The van der Waals surface area contributed by atoms with Crippen LogP contribution in [0.1, 0.15) is 19.3 Å². The Hall–Kier alpha value is -0.110. The molecule has 1 N–H and O–H groups in total. The molecule has 1 atom stereocenters. The maximum Gasteiger partial charge on any atom is 0.108 e. The highest BCUT2D eigenvalue weighted by atomic mass is 19.1. The van der Waals surface area contributed by atoms with E-state index in [0.29, 0.717) is 0 Å². The molecule has 1 saturated carbocycles. The summed E-state index contributed by atoms with van der Waals surface area (Å²) in [6, 6.07) is 0. The first-order valence-electron chi connectivity index (χ1n) is 3.68. The Morgan fingerprint density at radius 2 is 2.22 bits per heavy atom. The first-order valence-corrected chi connectivity index (χ1v) is 3.68. The van der Waals surface area contributed by atoms with Gasteiger partial charge in [0.25, 0.3) is 0 Å². The summed E-state index contributed by atoms with van der Waals surface area (Å²) >= 11 is 0. The molecule has 0 bridgehead atoms. The Bertz CT molecular complexity index is 120. The molecule has 1 nitrogen and oxygen atoms in total. The third-order valence-corrected chi connectivity index (χ3v) is 2.75. The minimum atomic E-state index is -0.501. The zero-order chi connectivity index (χ0) is 6.32. The van der Waals surface area contributed by atoms with E-state index in [2.05, 4.69) is 5.32 Å². The summed E-state index contributed by atoms with van der Waals surface area (Å²) < 4.78 is 13.0. The van der Waals surface area contributed by atoms with Crippen molar-refractivity contribution >= 4 is 0 Å². The van der Waals surface area contributed by atoms with Gasteiger partial charge in [0.05, 0.1) is 0 Å². The van der Waals surface area contributed by atoms with E-state index in [1.54, 1.807) is 0 Å². The van der Waals surface area contributed by atoms with Crippen molar-refractivity contribution in [3.8, 4) is 0 Å². The van der Waals surface area contributed by atoms with Crippen molar-refractivity contribution in [1.82, 2.24) is 5.32 Å². The molecule has 2 heteroatoms. The molecule has 2 rings (SSSR count). The standard InChI is InChI=1S/C7H12FN/c8-6-2-1-3-7(6)4-9-5-7/h6,9H,1-5H2. The van der Waals surface area contributed by atoms with Gasteiger partial charge < -0.3 is 5.32 Å². The molecular formula is C7H12FN. The van der Waals surface area contributed by atoms with E-state index in [1.165, 1.54) is 0 Å². The van der Waals surface area contributed by atoms with Crippen LogP contribution in [-0.4, -0.2) is 19.3 Å². The summed E-state index contributed by atoms with van der Waals surface area (Å²) in [7, 11) is 0. The quantitative estimate of drug-likeness (QED) is 0.516. The summed E-state index contributed by atoms with van der Waals surface area (Å²) in [6.45, 7) is 1.85. The molecule has 0 aromatic rings. The fraction of sp³-hybridized carbons (Fsp3) is 1.00. The number of hydrogen-bond donors (Lipinski definition) is 1. The lowest BCUT2D eigenvalue weighted by Gasteiger charge is -2.40. The topological polar surface area (TPSA) is 12.0 Å². The van der Waals surface area contributed by atoms with Crippen molar-refractivity contribution in [2.24, 2.45) is 5.41 Å². The van der Waals surface area contributed by atoms with Crippen LogP contribution < -0.4 is 5.32 Å². The Balaban J connectivity index is 2.09. The minimum absolute atomic E-state index is 0.0972. The van der Waals surface area contributed by atoms with Gasteiger partial charge in [-0.3, -0.25) is 0 Å². The molecule has 1 spiro atoms. The smallest absolute Gasteiger partial charge is 0.108 e. The summed E-state index contributed by atoms with van der Waals surface area (Å²) in [4.78, 5) is 0. The van der Waals surface area contributed by atoms with Gasteiger partial charge in [0.1, 0.15) is 6.17 Å². The van der Waals surface area contributed by atoms with Crippen LogP contribution in [0, 0.1) is 5.41 Å². The van der Waals surface area contributed by atoms with E-state index in [1.807, 2.05) is 0 Å². The predicted octanol–water partition coefficient (Wildman–Crippen LogP) is 1.10. The summed E-state index contributed by atoms with van der Waals surface area (Å²) in [5.41, 5.74) is 0.0972. The van der Waals surface area contributed by atoms with Gasteiger partial charge in [-0.15, -0.1) is 0 Å². The summed E-state index contributed by atoms with van der Waals surface area (Å²) in [5, 5.41) is 3.13. The zero-order valence-electron chi connectivity index (χ0n) is 5.49. The van der Waals surface area contributed by atoms with E-state index in [-0.39, 0.29) is 5.41 Å². The van der Waals surface area contributed by atoms with Crippen LogP contribution in [0.4, 0.5) is 4.39 Å². The van der Waals surface area contributed by atoms with Gasteiger partial charge in [-0.05, 0) is 19.3 Å². The van der Waals surface area contributed by atoms with Gasteiger partial charge in [-0.25, -0.2) is 4.39 Å². The van der Waals surface area contributed by atoms with Crippen LogP contribution in [0.25, 0.3) is 0 Å². The first-order chi connectivity index (χ1) is 4.33. The molecular weight excluding hydrogens is 117 g/mol. The molecule has 0 amide bonds. The van der Waals surface area contributed by atoms with Crippen molar-refractivity contribution in [3.63, 3.8) is 0 Å². The highest BCUT2D eigenvalue weighted by Crippen LogP contribution is 2.43. The lowest BCUT2D eigenvalue weighted by atomic mass is 9.79. The van der Waals surface area contributed by atoms with Crippen LogP contribution in [0.15, 0.2) is 0 Å². The monoisotopic (exact) mass is 129 g/mol. The highest BCUT2D eigenvalue weighted by molar-refractivity contribution is 5.01. The molecule has 1 aliphatic heterocycles. The number of rotatable bonds is 0. The second-order valence-electron chi connectivity index (χ2n) is 3.33. The average molecular weight is 129 g/mol. The maximum atomic E-state index is 13.0. The molecule has 2 fully saturated rings. The van der Waals surface area contributed by atoms with Crippen molar-refractivity contribution < 1.29 is 4.39 Å². The molecule has 0 aromatic heterocycles. The molecule has 1 unspecified atom stereocenters. The molecule has 9 heavy (non-hydrogen) atoms. The zero-order valence-corrected chi connectivity index (χ0v) is 5.49. The van der Waals surface area contributed by atoms with Gasteiger partial charge in [0, 0.05) is 18.5 Å². The fourth-order valence-electron chi connectivity index (χ4n) is 1.94. The van der Waals surface area contributed by atoms with Crippen LogP contribution >= 0.6 is 0 Å². The van der Waals surface area contributed by atoms with Crippen LogP contribution in [0.3, 0.4) is 0 Å². The number of halogens is 1. The van der Waals surface area contributed by atoms with Crippen LogP contribution in [0.5, 0.6) is 0 Å². The normalized spacial score (nSPS) is 39.0. The van der Waals surface area contributed by atoms with Gasteiger partial charge in [-0.1, -0.05) is 0 Å². The van der Waals surface area contributed by atoms with Crippen LogP contribution in [-0.2, 0) is 0 Å². The SMILES string of the molecule is FC1CCCC12CNC2. The van der Waals surface area contributed by atoms with E-state index >= 15 is 0 Å². The van der Waals surface area contributed by atoms with E-state index in [9.17, 15) is 4.39 Å². The van der Waals surface area contributed by atoms with E-state index in [4.69, 9.17) is 0 Å². The predicted molar refractivity (Wildman–Crippen MR) is 34.0 cm³/mol. The average Bonchev–Trinajstić information content (AvgIpc) is 2.07. The molecule has 0 radical (unpaired) electrons. The second kappa shape index (κ2) is 1.69. The highest BCUT2D eigenvalue weighted by Gasteiger charge is 2.47. The van der Waals surface area contributed by atoms with Crippen molar-refractivity contribution in [2.75, 3.05) is 13.1 Å². The Kier molecular flexibility index (Phi) is 1.06. The molecule has 2 aliphatic rings. The molecule has 1 heterocycles. The van der Waals surface area contributed by atoms with Crippen LogP contribution in [0.2, 0.25) is 0 Å². The molecule has 1 saturated heterocycles. The van der Waals surface area contributed by atoms with E-state index in [0.717, 1.165) is 32.4 Å². The first kappa shape index (κ1) is 5.66. The number of nitrogens with one attached hydrogen (secondary N) is 1. The Morgan fingerprint density at radius 3 is 2.44 bits per heavy atom. The Morgan fingerprint density at radius 1 is 1.44 bits per heavy atom. The minimum Gasteiger partial charge on any atom is -0.315 e. The van der Waals surface area contributed by atoms with E-state index < -0.39 is 6.17 Å². The lowest BCUT2D eigenvalue weighted by molar-refractivity contribution is 0.0755. The fourth-order valence-corrected chi connectivity index (χ4v) is 1.94. The summed E-state index contributed by atoms with van der Waals surface area (Å²) in [6.07, 6.45) is 2.52. The van der Waals surface area contributed by atoms with Gasteiger partial charge >= 0.3 is 0 Å². The number of alkyl halides is 1. The maximum absolute atomic E-state index is 13.0. The lowest BCUT2D eigenvalue weighted by Crippen LogP contribution is -2.56. The van der Waals surface area contributed by atoms with Crippen molar-refractivity contribution in [1.29, 1.82) is 0 Å². The molecule has 0 aromatic carbocycles. The number of hydrogen-bond acceptors (Lipinski definition) is 1. The second-order valence-corrected chi connectivity index (χ2v) is 3.33. The van der Waals surface area contributed by atoms with Crippen molar-refractivity contribution in [2.45, 2.75) is 25.4 Å². The van der Waals surface area contributed by atoms with Gasteiger partial charge in [0.15, 0.2) is 0 Å².